The molecule has 0 unspecified atom stereocenters. The first-order valence-corrected chi connectivity index (χ1v) is 11.6. The molecule has 0 radical (unpaired) electrons. The van der Waals surface area contributed by atoms with Gasteiger partial charge in [-0.25, -0.2) is 13.1 Å². The number of hydrogen-bond acceptors (Lipinski definition) is 6. The molecule has 0 aliphatic carbocycles. The Morgan fingerprint density at radius 2 is 1.81 bits per heavy atom. The van der Waals surface area contributed by atoms with E-state index in [1.807, 2.05) is 0 Å². The number of rotatable bonds is 7. The molecule has 0 saturated carbocycles. The van der Waals surface area contributed by atoms with Crippen LogP contribution < -0.4 is 4.72 Å². The van der Waals surface area contributed by atoms with Crippen molar-refractivity contribution in [3.05, 3.63) is 54.0 Å². The second kappa shape index (κ2) is 10.1. The van der Waals surface area contributed by atoms with Crippen molar-refractivity contribution in [1.29, 1.82) is 0 Å². The predicted octanol–water partition coefficient (Wildman–Crippen LogP) is 0.994. The molecule has 0 spiro atoms. The normalized spacial score (nSPS) is 15.5. The van der Waals surface area contributed by atoms with Crippen LogP contribution in [0.5, 0.6) is 0 Å². The highest BCUT2D eigenvalue weighted by atomic mass is 32.2. The van der Waals surface area contributed by atoms with Gasteiger partial charge in [0.2, 0.25) is 15.9 Å². The van der Waals surface area contributed by atoms with E-state index in [1.54, 1.807) is 36.0 Å². The number of nitrogens with zero attached hydrogens (tertiary/aromatic N) is 3. The predicted molar refractivity (Wildman–Crippen MR) is 115 cm³/mol. The third kappa shape index (κ3) is 6.16. The van der Waals surface area contributed by atoms with Crippen LogP contribution in [-0.2, 0) is 21.4 Å². The molecule has 2 aromatic rings. The third-order valence-electron chi connectivity index (χ3n) is 5.16. The van der Waals surface area contributed by atoms with Gasteiger partial charge in [-0.1, -0.05) is 0 Å². The van der Waals surface area contributed by atoms with Gasteiger partial charge in [-0.3, -0.25) is 14.5 Å². The summed E-state index contributed by atoms with van der Waals surface area (Å²) < 4.78 is 32.5. The molecule has 1 aliphatic heterocycles. The molecule has 1 saturated heterocycles. The van der Waals surface area contributed by atoms with Crippen molar-refractivity contribution in [2.45, 2.75) is 17.9 Å². The fourth-order valence-corrected chi connectivity index (χ4v) is 4.28. The monoisotopic (exact) mass is 448 g/mol. The Labute approximate surface area is 182 Å². The summed E-state index contributed by atoms with van der Waals surface area (Å²) in [6, 6.07) is 9.29. The van der Waals surface area contributed by atoms with E-state index in [0.29, 0.717) is 37.5 Å². The van der Waals surface area contributed by atoms with Gasteiger partial charge in [0.15, 0.2) is 0 Å². The van der Waals surface area contributed by atoms with Crippen LogP contribution in [0.2, 0.25) is 0 Å². The summed E-state index contributed by atoms with van der Waals surface area (Å²) in [7, 11) is -0.256. The minimum atomic E-state index is -3.71. The summed E-state index contributed by atoms with van der Waals surface area (Å²) in [5.74, 6) is 0.406. The molecule has 2 amide bonds. The molecule has 31 heavy (non-hydrogen) atoms. The lowest BCUT2D eigenvalue weighted by Gasteiger charge is -2.23. The van der Waals surface area contributed by atoms with Crippen molar-refractivity contribution in [2.24, 2.45) is 0 Å². The van der Waals surface area contributed by atoms with E-state index in [9.17, 15) is 18.0 Å². The van der Waals surface area contributed by atoms with Crippen molar-refractivity contribution >= 4 is 21.8 Å². The molecule has 3 rings (SSSR count). The van der Waals surface area contributed by atoms with E-state index < -0.39 is 10.0 Å². The van der Waals surface area contributed by atoms with Crippen LogP contribution in [0.25, 0.3) is 0 Å². The van der Waals surface area contributed by atoms with Gasteiger partial charge >= 0.3 is 0 Å². The fraction of sp³-hybridized carbons (Fsp3) is 0.429. The number of sulfonamides is 1. The maximum absolute atomic E-state index is 12.9. The SMILES string of the molecule is CN(C)C(=O)CN1CCCN(C(=O)c2ccc(S(=O)(=O)NCc3ccco3)cc2)CC1. The molecule has 168 valence electrons. The third-order valence-corrected chi connectivity index (χ3v) is 6.58. The van der Waals surface area contributed by atoms with Crippen LogP contribution in [0.4, 0.5) is 0 Å². The topological polar surface area (TPSA) is 103 Å². The van der Waals surface area contributed by atoms with Crippen molar-refractivity contribution < 1.29 is 22.4 Å². The Hall–Kier alpha value is -2.69. The van der Waals surface area contributed by atoms with Gasteiger partial charge in [-0.05, 0) is 42.8 Å². The number of carbonyl (C=O) groups is 2. The zero-order chi connectivity index (χ0) is 22.4. The quantitative estimate of drug-likeness (QED) is 0.678. The Kier molecular flexibility index (Phi) is 7.47. The van der Waals surface area contributed by atoms with Gasteiger partial charge in [0.05, 0.1) is 24.2 Å². The number of hydrogen-bond donors (Lipinski definition) is 1. The van der Waals surface area contributed by atoms with E-state index in [1.165, 1.54) is 30.5 Å². The standard InChI is InChI=1S/C21H28N4O5S/c1-23(2)20(26)16-24-10-4-11-25(13-12-24)21(27)17-6-8-19(9-7-17)31(28,29)22-15-18-5-3-14-30-18/h3,5-9,14,22H,4,10-13,15-16H2,1-2H3. The van der Waals surface area contributed by atoms with Crippen molar-refractivity contribution in [2.75, 3.05) is 46.8 Å². The average Bonchev–Trinajstić information content (AvgIpc) is 3.17. The van der Waals surface area contributed by atoms with Gasteiger partial charge in [0.25, 0.3) is 5.91 Å². The lowest BCUT2D eigenvalue weighted by molar-refractivity contribution is -0.129. The number of nitrogens with one attached hydrogen (secondary N) is 1. The minimum absolute atomic E-state index is 0.0391. The number of furan rings is 1. The van der Waals surface area contributed by atoms with Crippen LogP contribution in [0.3, 0.4) is 0 Å². The lowest BCUT2D eigenvalue weighted by atomic mass is 10.2. The van der Waals surface area contributed by atoms with E-state index in [0.717, 1.165) is 13.0 Å². The fourth-order valence-electron chi connectivity index (χ4n) is 3.29. The number of likely N-dealkylation sites (N-methyl/N-ethyl adjacent to an activating group) is 1. The zero-order valence-electron chi connectivity index (χ0n) is 17.8. The first-order chi connectivity index (χ1) is 14.8. The Balaban J connectivity index is 1.59. The molecule has 1 aliphatic rings. The van der Waals surface area contributed by atoms with Crippen LogP contribution in [0, 0.1) is 0 Å². The molecule has 0 atom stereocenters. The summed E-state index contributed by atoms with van der Waals surface area (Å²) >= 11 is 0. The molecule has 0 bridgehead atoms. The lowest BCUT2D eigenvalue weighted by Crippen LogP contribution is -2.39. The summed E-state index contributed by atoms with van der Waals surface area (Å²) in [4.78, 5) is 30.3. The Morgan fingerprint density at radius 3 is 2.45 bits per heavy atom. The van der Waals surface area contributed by atoms with Crippen LogP contribution in [0.15, 0.2) is 52.0 Å². The van der Waals surface area contributed by atoms with Gasteiger partial charge in [-0.15, -0.1) is 0 Å². The Morgan fingerprint density at radius 1 is 1.06 bits per heavy atom. The minimum Gasteiger partial charge on any atom is -0.468 e. The second-order valence-corrected chi connectivity index (χ2v) is 9.41. The second-order valence-electron chi connectivity index (χ2n) is 7.64. The number of carbonyl (C=O) groups excluding carboxylic acids is 2. The maximum Gasteiger partial charge on any atom is 0.253 e. The molecule has 1 aromatic carbocycles. The summed E-state index contributed by atoms with van der Waals surface area (Å²) in [5, 5.41) is 0. The van der Waals surface area contributed by atoms with Gasteiger partial charge in [0.1, 0.15) is 5.76 Å². The number of benzene rings is 1. The maximum atomic E-state index is 12.9. The molecular formula is C21H28N4O5S. The number of amides is 2. The van der Waals surface area contributed by atoms with E-state index in [2.05, 4.69) is 9.62 Å². The molecule has 1 fully saturated rings. The highest BCUT2D eigenvalue weighted by Crippen LogP contribution is 2.14. The highest BCUT2D eigenvalue weighted by Gasteiger charge is 2.22. The largest absolute Gasteiger partial charge is 0.468 e. The summed E-state index contributed by atoms with van der Waals surface area (Å²) in [5.41, 5.74) is 0.433. The van der Waals surface area contributed by atoms with E-state index in [4.69, 9.17) is 4.42 Å². The summed E-state index contributed by atoms with van der Waals surface area (Å²) in [6.45, 7) is 2.88. The van der Waals surface area contributed by atoms with Crippen molar-refractivity contribution in [1.82, 2.24) is 19.4 Å². The van der Waals surface area contributed by atoms with Gasteiger partial charge in [0, 0.05) is 45.8 Å². The van der Waals surface area contributed by atoms with E-state index >= 15 is 0 Å². The van der Waals surface area contributed by atoms with E-state index in [-0.39, 0.29) is 23.3 Å². The molecule has 9 nitrogen and oxygen atoms in total. The molecule has 2 heterocycles. The van der Waals surface area contributed by atoms with Crippen LogP contribution in [-0.4, -0.2) is 81.8 Å². The summed E-state index contributed by atoms with van der Waals surface area (Å²) in [6.07, 6.45) is 2.25. The van der Waals surface area contributed by atoms with Crippen molar-refractivity contribution in [3.8, 4) is 0 Å². The smallest absolute Gasteiger partial charge is 0.253 e. The first kappa shape index (κ1) is 23.0. The Bertz CT molecular complexity index is 987. The first-order valence-electron chi connectivity index (χ1n) is 10.1. The van der Waals surface area contributed by atoms with Crippen molar-refractivity contribution in [3.63, 3.8) is 0 Å². The molecular weight excluding hydrogens is 420 g/mol. The zero-order valence-corrected chi connectivity index (χ0v) is 18.6. The molecule has 1 aromatic heterocycles. The van der Waals surface area contributed by atoms with Crippen LogP contribution in [0.1, 0.15) is 22.5 Å². The van der Waals surface area contributed by atoms with Crippen LogP contribution >= 0.6 is 0 Å². The van der Waals surface area contributed by atoms with Gasteiger partial charge in [-0.2, -0.15) is 0 Å². The highest BCUT2D eigenvalue weighted by molar-refractivity contribution is 7.89. The average molecular weight is 449 g/mol. The van der Waals surface area contributed by atoms with Gasteiger partial charge < -0.3 is 14.2 Å². The molecule has 1 N–H and O–H groups in total. The molecule has 10 heteroatoms.